The zero-order valence-corrected chi connectivity index (χ0v) is 88.2. The zero-order valence-electron chi connectivity index (χ0n) is 73.8. The highest BCUT2D eigenvalue weighted by atomic mass is 80.9. The lowest BCUT2D eigenvalue weighted by Crippen LogP contribution is -2.37. The van der Waals surface area contributed by atoms with E-state index in [4.69, 9.17) is 105 Å². The number of rotatable bonds is 21. The van der Waals surface area contributed by atoms with Crippen molar-refractivity contribution in [1.29, 1.82) is 15.8 Å². The summed E-state index contributed by atoms with van der Waals surface area (Å²) < 4.78 is 22.7. The molecule has 732 valence electrons. The number of benzene rings is 2. The summed E-state index contributed by atoms with van der Waals surface area (Å²) in [6.45, 7) is 26.4. The number of nitrogens with zero attached hydrogens (tertiary/aromatic N) is 13. The van der Waals surface area contributed by atoms with E-state index in [-0.39, 0.29) is 91.0 Å². The highest BCUT2D eigenvalue weighted by Crippen LogP contribution is 2.35. The second kappa shape index (κ2) is 58.1. The van der Waals surface area contributed by atoms with Crippen molar-refractivity contribution in [3.05, 3.63) is 185 Å². The van der Waals surface area contributed by atoms with Crippen LogP contribution in [0.3, 0.4) is 0 Å². The van der Waals surface area contributed by atoms with Gasteiger partial charge in [-0.15, -0.1) is 68.0 Å². The van der Waals surface area contributed by atoms with Crippen LogP contribution in [-0.2, 0) is 36.6 Å². The Labute approximate surface area is 863 Å². The van der Waals surface area contributed by atoms with Gasteiger partial charge in [-0.1, -0.05) is 84.0 Å². The van der Waals surface area contributed by atoms with Gasteiger partial charge >= 0.3 is 23.9 Å². The number of isothiocyanates is 1. The molecule has 0 fully saturated rings. The van der Waals surface area contributed by atoms with E-state index >= 15 is 0 Å². The summed E-state index contributed by atoms with van der Waals surface area (Å²) in [5, 5.41) is 80.9. The standard InChI is InChI=1S/C19H19N5O4S2.C16H11N5O2S2.C12H14N4O3S2.C9H10N2O2S2.C8H4N4O3S2.C8H12N2O2S.C3H4N2O.C3H9NO.CCl2S.Br2/c1-10(8-25)20-15(26)14-16(27)23-30-17(14)22-19-21-12(9-29-19)18(28)24-7-6-11-4-2-3-5-13(11)24;17-7-10-13(22)20-25-14(10)19-16-18-11(8-24-16)15(23)21-6-5-9-3-1-2-4-12(9)21;1-12(2,3)19-10(18)7-5-21-11(15-7)16-9(20)6(4-13)8(14)17;1-9(2,3)13-7(12)6-4-15-8(11-6)10-5-14;9-1-3-5(13)12-17-6(3)11-8-10-4(2-16-8)7(14)15;1-8(2,3)12-6(11)5-4-13-7(9)10-5;1-5-2-3(4)6;1-3(4)2-5;2-1(3)4;1-2/h2-5,9-10,25H,6-8H2,1H3,(H,20,26)(H,21,22)(H,23,27);1-4,8H,5-6H2,(H,18,19)(H,20,22);5-6H,1-3H3,(H2,14,17)(H,15,16,20);4H,1-3H3;2H,(H,10,11)(H,12,13)(H,14,15);4H,1-3H3,(H2,9,10);2H2,(H2,4,6);3,5H,2,4H2,1H3;;. The van der Waals surface area contributed by atoms with Crippen molar-refractivity contribution in [2.24, 2.45) is 28.1 Å². The number of carboxylic acids is 1. The Hall–Kier alpha value is -11.9. The maximum Gasteiger partial charge on any atom is 0.358 e. The minimum atomic E-state index is -1.24. The van der Waals surface area contributed by atoms with Crippen LogP contribution in [0.15, 0.2) is 100 Å². The van der Waals surface area contributed by atoms with Gasteiger partial charge in [0.05, 0.1) is 24.4 Å². The number of hydrogen-bond acceptors (Lipinski definition) is 44. The van der Waals surface area contributed by atoms with Crippen LogP contribution in [0.4, 0.5) is 57.2 Å². The van der Waals surface area contributed by atoms with E-state index in [1.807, 2.05) is 54.6 Å². The number of esters is 3. The number of carbonyl (C=O) groups is 9. The molecule has 11 heterocycles. The molecule has 13 rings (SSSR count). The fourth-order valence-electron chi connectivity index (χ4n) is 9.63. The number of ether oxygens (including phenoxy) is 3. The third-order valence-corrected chi connectivity index (χ3v) is 22.5. The summed E-state index contributed by atoms with van der Waals surface area (Å²) in [7, 11) is 0. The molecule has 138 heavy (non-hydrogen) atoms. The van der Waals surface area contributed by atoms with Crippen LogP contribution in [0.1, 0.15) is 172 Å². The highest BCUT2D eigenvalue weighted by Gasteiger charge is 2.32. The molecule has 11 aromatic rings. The predicted molar refractivity (Wildman–Crippen MR) is 554 cm³/mol. The number of carbonyl (C=O) groups excluding carboxylic acids is 8. The fraction of sp³-hybridized carbons (Fsp3) is 0.304. The van der Waals surface area contributed by atoms with Crippen LogP contribution in [0.2, 0.25) is 0 Å². The fourth-order valence-corrected chi connectivity index (χ4v) is 16.3. The van der Waals surface area contributed by atoms with Crippen molar-refractivity contribution in [1.82, 2.24) is 48.3 Å². The first-order valence-corrected chi connectivity index (χ1v) is 51.8. The number of aromatic amines is 3. The maximum atomic E-state index is 12.9. The molecule has 9 aromatic heterocycles. The number of halogens is 4. The van der Waals surface area contributed by atoms with Gasteiger partial charge < -0.3 is 93.7 Å². The molecule has 5 amide bonds. The molecule has 2 aliphatic rings. The number of aliphatic imine (C=N–C) groups is 1. The number of nitrogens with one attached hydrogen (secondary N) is 8. The minimum absolute atomic E-state index is 0.0153. The number of para-hydroxylation sites is 2. The first-order chi connectivity index (χ1) is 65.0. The number of anilines is 10. The van der Waals surface area contributed by atoms with Gasteiger partial charge in [0.25, 0.3) is 46.9 Å². The van der Waals surface area contributed by atoms with E-state index in [1.54, 1.807) is 120 Å². The molecule has 2 aromatic carbocycles. The number of nitrogen functional groups attached to an aromatic ring is 1. The molecule has 3 unspecified atom stereocenters. The second-order valence-electron chi connectivity index (χ2n) is 29.4. The molecular formula is C79H83Br2Cl2N25O18S12. The molecule has 59 heteroatoms. The second-order valence-corrected chi connectivity index (χ2v) is 39.4. The first-order valence-electron chi connectivity index (χ1n) is 38.4. The van der Waals surface area contributed by atoms with Crippen molar-refractivity contribution >= 4 is 315 Å². The summed E-state index contributed by atoms with van der Waals surface area (Å²) in [4.78, 5) is 172. The van der Waals surface area contributed by atoms with Gasteiger partial charge in [0.2, 0.25) is 11.0 Å². The third kappa shape index (κ3) is 40.3. The van der Waals surface area contributed by atoms with E-state index in [0.29, 0.717) is 65.1 Å². The van der Waals surface area contributed by atoms with E-state index < -0.39 is 87.0 Å². The number of hydrogen-bond donors (Lipinski definition) is 15. The SMILES string of the molecule is BrBr.CC(C)(C)OC(=O)c1csc(N)n1.CC(C)(C)OC(=O)c1csc(N=C=S)n1.CC(C)(C)OC(=O)c1csc(NC(=S)C(C#N)C(N)=O)n1.CC(CO)NC(=O)c1c(Nc2nc(C(=O)N3CCc4ccccc43)cs2)s[nH]c1=O.CC(N)CO.N#Cc1c(Nc2nc(C(=O)N3CCc4ccccc43)cs2)s[nH]c1=O.N#Cc1c(Nc2nc(C(=O)O)cs2)s[nH]c1=O.S=C(Cl)Cl.[C-]#[N+]CC(N)=O. The van der Waals surface area contributed by atoms with Crippen LogP contribution >= 0.6 is 191 Å². The lowest BCUT2D eigenvalue weighted by molar-refractivity contribution is -0.118. The van der Waals surface area contributed by atoms with E-state index in [2.05, 4.69) is 143 Å². The molecule has 2 aliphatic heterocycles. The van der Waals surface area contributed by atoms with Crippen LogP contribution in [0.25, 0.3) is 4.85 Å². The van der Waals surface area contributed by atoms with Crippen molar-refractivity contribution in [2.45, 2.75) is 118 Å². The molecule has 19 N–H and O–H groups in total. The van der Waals surface area contributed by atoms with E-state index in [1.165, 1.54) is 56.1 Å². The van der Waals surface area contributed by atoms with Gasteiger partial charge in [-0.25, -0.2) is 55.7 Å². The van der Waals surface area contributed by atoms with Gasteiger partial charge in [-0.2, -0.15) is 20.8 Å². The molecule has 0 saturated carbocycles. The Morgan fingerprint density at radius 1 is 0.601 bits per heavy atom. The summed E-state index contributed by atoms with van der Waals surface area (Å²) in [6.07, 6.45) is 1.64. The molecule has 43 nitrogen and oxygen atoms in total. The number of nitrogens with two attached hydrogens (primary N) is 4. The van der Waals surface area contributed by atoms with Gasteiger partial charge in [0.15, 0.2) is 69.3 Å². The summed E-state index contributed by atoms with van der Waals surface area (Å²) in [6, 6.07) is 20.4. The van der Waals surface area contributed by atoms with Crippen molar-refractivity contribution < 1.29 is 72.7 Å². The van der Waals surface area contributed by atoms with Crippen LogP contribution < -0.4 is 76.0 Å². The Balaban J connectivity index is 0.000000340. The van der Waals surface area contributed by atoms with Crippen molar-refractivity contribution in [3.8, 4) is 18.2 Å². The lowest BCUT2D eigenvalue weighted by Gasteiger charge is -2.18. The molecule has 3 atom stereocenters. The lowest BCUT2D eigenvalue weighted by atomic mass is 10.1. The molecule has 0 bridgehead atoms. The maximum absolute atomic E-state index is 12.9. The number of aliphatic hydroxyl groups excluding tert-OH is 2. The quantitative estimate of drug-likeness (QED) is 0.00793. The number of aliphatic hydroxyl groups is 2. The van der Waals surface area contributed by atoms with Crippen molar-refractivity contribution in [3.63, 3.8) is 0 Å². The number of H-pyrrole nitrogens is 3. The third-order valence-electron chi connectivity index (χ3n) is 15.2. The van der Waals surface area contributed by atoms with E-state index in [9.17, 15) is 57.5 Å². The molecule has 0 spiro atoms. The molecular weight excluding hydrogens is 2200 g/mol. The zero-order chi connectivity index (χ0) is 104. The number of primary amides is 2. The average molecular weight is 2290 g/mol. The number of aromatic carboxylic acids is 1. The van der Waals surface area contributed by atoms with Gasteiger partial charge in [0, 0.05) is 97.1 Å². The number of aromatic nitrogens is 9. The van der Waals surface area contributed by atoms with Gasteiger partial charge in [0.1, 0.15) is 65.9 Å². The normalized spacial score (nSPS) is 11.6. The summed E-state index contributed by atoms with van der Waals surface area (Å²) in [5.74, 6) is -6.18. The monoisotopic (exact) mass is 2280 g/mol. The average Bonchev–Trinajstić information content (AvgIpc) is 1.65. The number of carboxylic acid groups (broad SMARTS) is 1. The topological polar surface area (TPSA) is 677 Å². The van der Waals surface area contributed by atoms with E-state index in [0.717, 1.165) is 92.6 Å². The highest BCUT2D eigenvalue weighted by molar-refractivity contribution is 9.93. The Morgan fingerprint density at radius 2 is 0.978 bits per heavy atom. The number of fused-ring (bicyclic) bond motifs is 2. The summed E-state index contributed by atoms with van der Waals surface area (Å²) >= 11 is 38.5. The van der Waals surface area contributed by atoms with Gasteiger partial charge in [-0.3, -0.25) is 51.5 Å². The van der Waals surface area contributed by atoms with Crippen LogP contribution in [0, 0.1) is 46.5 Å². The minimum Gasteiger partial charge on any atom is -0.476 e. The molecule has 0 aliphatic carbocycles. The molecule has 0 saturated heterocycles. The number of thiocarbonyl (C=S) groups is 3. The van der Waals surface area contributed by atoms with Gasteiger partial charge in [-0.05, 0) is 159 Å². The Bertz CT molecular complexity index is 6500. The Morgan fingerprint density at radius 3 is 1.35 bits per heavy atom. The Kier molecular flexibility index (Phi) is 49.9. The first kappa shape index (κ1) is 118. The summed E-state index contributed by atoms with van der Waals surface area (Å²) in [5.41, 5.74) is 22.1. The number of nitriles is 3. The smallest absolute Gasteiger partial charge is 0.358 e. The predicted octanol–water partition coefficient (Wildman–Crippen LogP) is 14.0. The molecule has 0 radical (unpaired) electrons. The largest absolute Gasteiger partial charge is 0.476 e. The number of amides is 5. The van der Waals surface area contributed by atoms with Crippen molar-refractivity contribution in [2.75, 3.05) is 69.6 Å². The van der Waals surface area contributed by atoms with Crippen LogP contribution in [0.5, 0.6) is 0 Å². The number of thiazole rings is 6. The van der Waals surface area contributed by atoms with Crippen LogP contribution in [-0.4, -0.2) is 187 Å².